The average Bonchev–Trinajstić information content (AvgIpc) is 2.69. The Morgan fingerprint density at radius 1 is 1.21 bits per heavy atom. The number of hydrogen-bond acceptors (Lipinski definition) is 2. The van der Waals surface area contributed by atoms with Gasteiger partial charge >= 0.3 is 0 Å². The average molecular weight is 188 g/mol. The second-order valence-corrected chi connectivity index (χ2v) is 3.33. The van der Waals surface area contributed by atoms with E-state index in [1.807, 2.05) is 31.2 Å². The summed E-state index contributed by atoms with van der Waals surface area (Å²) in [7, 11) is 0. The monoisotopic (exact) mass is 188 g/mol. The molecule has 1 unspecified atom stereocenters. The van der Waals surface area contributed by atoms with Gasteiger partial charge in [-0.05, 0) is 24.6 Å². The van der Waals surface area contributed by atoms with E-state index in [1.165, 1.54) is 0 Å². The van der Waals surface area contributed by atoms with Crippen LogP contribution in [0.1, 0.15) is 23.0 Å². The Hall–Kier alpha value is -1.54. The minimum absolute atomic E-state index is 0.579. The maximum Gasteiger partial charge on any atom is 0.137 e. The predicted octanol–water partition coefficient (Wildman–Crippen LogP) is 2.67. The van der Waals surface area contributed by atoms with Crippen molar-refractivity contribution in [3.8, 4) is 0 Å². The largest absolute Gasteiger partial charge is 0.466 e. The quantitative estimate of drug-likeness (QED) is 0.786. The van der Waals surface area contributed by atoms with Gasteiger partial charge in [-0.25, -0.2) is 0 Å². The zero-order valence-electron chi connectivity index (χ0n) is 7.97. The number of aryl methyl sites for hydroxylation is 1. The van der Waals surface area contributed by atoms with Crippen LogP contribution in [0, 0.1) is 6.92 Å². The van der Waals surface area contributed by atoms with Gasteiger partial charge in [0, 0.05) is 0 Å². The smallest absolute Gasteiger partial charge is 0.137 e. The molecular formula is C12H12O2. The maximum atomic E-state index is 9.91. The standard InChI is InChI=1S/C12H12O2/c1-9-4-2-5-10(8-9)12(13)11-6-3-7-14-11/h2-8,12-13H,1H3. The first-order valence-corrected chi connectivity index (χ1v) is 4.55. The first-order valence-electron chi connectivity index (χ1n) is 4.55. The molecule has 0 aliphatic carbocycles. The Morgan fingerprint density at radius 2 is 2.07 bits per heavy atom. The summed E-state index contributed by atoms with van der Waals surface area (Å²) in [6.45, 7) is 2.00. The van der Waals surface area contributed by atoms with Crippen LogP contribution in [0.15, 0.2) is 47.1 Å². The maximum absolute atomic E-state index is 9.91. The van der Waals surface area contributed by atoms with Crippen molar-refractivity contribution >= 4 is 0 Å². The molecule has 0 amide bonds. The molecule has 1 aromatic heterocycles. The topological polar surface area (TPSA) is 33.4 Å². The van der Waals surface area contributed by atoms with Gasteiger partial charge in [-0.2, -0.15) is 0 Å². The molecular weight excluding hydrogens is 176 g/mol. The van der Waals surface area contributed by atoms with E-state index in [-0.39, 0.29) is 0 Å². The lowest BCUT2D eigenvalue weighted by Crippen LogP contribution is -1.97. The summed E-state index contributed by atoms with van der Waals surface area (Å²) in [5, 5.41) is 9.91. The third-order valence-electron chi connectivity index (χ3n) is 2.17. The number of benzene rings is 1. The Bertz CT molecular complexity index is 404. The highest BCUT2D eigenvalue weighted by molar-refractivity contribution is 5.28. The summed E-state index contributed by atoms with van der Waals surface area (Å²) in [4.78, 5) is 0. The minimum Gasteiger partial charge on any atom is -0.466 e. The predicted molar refractivity (Wildman–Crippen MR) is 53.9 cm³/mol. The molecule has 0 saturated heterocycles. The molecule has 1 heterocycles. The van der Waals surface area contributed by atoms with Crippen molar-refractivity contribution in [3.05, 3.63) is 59.5 Å². The molecule has 1 atom stereocenters. The van der Waals surface area contributed by atoms with Gasteiger partial charge in [0.25, 0.3) is 0 Å². The van der Waals surface area contributed by atoms with Gasteiger partial charge in [0.2, 0.25) is 0 Å². The molecule has 1 N–H and O–H groups in total. The molecule has 2 nitrogen and oxygen atoms in total. The molecule has 0 saturated carbocycles. The van der Waals surface area contributed by atoms with Crippen molar-refractivity contribution in [3.63, 3.8) is 0 Å². The Balaban J connectivity index is 2.32. The summed E-state index contributed by atoms with van der Waals surface area (Å²) in [6, 6.07) is 11.3. The Morgan fingerprint density at radius 3 is 2.71 bits per heavy atom. The highest BCUT2D eigenvalue weighted by atomic mass is 16.4. The van der Waals surface area contributed by atoms with Crippen molar-refractivity contribution in [1.29, 1.82) is 0 Å². The fraction of sp³-hybridized carbons (Fsp3) is 0.167. The number of aliphatic hydroxyl groups is 1. The molecule has 2 heteroatoms. The first-order chi connectivity index (χ1) is 6.77. The minimum atomic E-state index is -0.662. The van der Waals surface area contributed by atoms with Crippen LogP contribution in [0.5, 0.6) is 0 Å². The fourth-order valence-electron chi connectivity index (χ4n) is 1.45. The molecule has 2 rings (SSSR count). The van der Waals surface area contributed by atoms with E-state index < -0.39 is 6.10 Å². The molecule has 1 aromatic carbocycles. The highest BCUT2D eigenvalue weighted by Crippen LogP contribution is 2.22. The van der Waals surface area contributed by atoms with E-state index in [0.717, 1.165) is 11.1 Å². The number of rotatable bonds is 2. The van der Waals surface area contributed by atoms with Gasteiger partial charge in [-0.3, -0.25) is 0 Å². The van der Waals surface area contributed by atoms with E-state index in [4.69, 9.17) is 4.42 Å². The van der Waals surface area contributed by atoms with E-state index in [9.17, 15) is 5.11 Å². The van der Waals surface area contributed by atoms with Crippen molar-refractivity contribution < 1.29 is 9.52 Å². The molecule has 14 heavy (non-hydrogen) atoms. The van der Waals surface area contributed by atoms with E-state index >= 15 is 0 Å². The molecule has 0 spiro atoms. The van der Waals surface area contributed by atoms with Gasteiger partial charge in [0.1, 0.15) is 11.9 Å². The highest BCUT2D eigenvalue weighted by Gasteiger charge is 2.12. The fourth-order valence-corrected chi connectivity index (χ4v) is 1.45. The van der Waals surface area contributed by atoms with Crippen LogP contribution in [0.4, 0.5) is 0 Å². The third-order valence-corrected chi connectivity index (χ3v) is 2.17. The van der Waals surface area contributed by atoms with Crippen LogP contribution < -0.4 is 0 Å². The third kappa shape index (κ3) is 1.70. The molecule has 0 aliphatic rings. The van der Waals surface area contributed by atoms with Gasteiger partial charge in [-0.15, -0.1) is 0 Å². The lowest BCUT2D eigenvalue weighted by atomic mass is 10.1. The van der Waals surface area contributed by atoms with Gasteiger partial charge < -0.3 is 9.52 Å². The van der Waals surface area contributed by atoms with Crippen molar-refractivity contribution in [2.45, 2.75) is 13.0 Å². The van der Waals surface area contributed by atoms with Crippen LogP contribution >= 0.6 is 0 Å². The summed E-state index contributed by atoms with van der Waals surface area (Å²) in [5.41, 5.74) is 1.99. The van der Waals surface area contributed by atoms with Crippen molar-refractivity contribution in [2.24, 2.45) is 0 Å². The van der Waals surface area contributed by atoms with Gasteiger partial charge in [-0.1, -0.05) is 29.8 Å². The lowest BCUT2D eigenvalue weighted by molar-refractivity contribution is 0.189. The summed E-state index contributed by atoms with van der Waals surface area (Å²) in [6.07, 6.45) is 0.902. The Labute approximate surface area is 82.8 Å². The first kappa shape index (κ1) is 9.03. The number of furan rings is 1. The summed E-state index contributed by atoms with van der Waals surface area (Å²) in [5.74, 6) is 0.579. The molecule has 0 radical (unpaired) electrons. The Kier molecular flexibility index (Phi) is 2.37. The van der Waals surface area contributed by atoms with Crippen LogP contribution in [0.3, 0.4) is 0 Å². The van der Waals surface area contributed by atoms with Crippen LogP contribution in [0.2, 0.25) is 0 Å². The number of hydrogen-bond donors (Lipinski definition) is 1. The van der Waals surface area contributed by atoms with Gasteiger partial charge in [0.15, 0.2) is 0 Å². The lowest BCUT2D eigenvalue weighted by Gasteiger charge is -2.08. The van der Waals surface area contributed by atoms with Crippen molar-refractivity contribution in [1.82, 2.24) is 0 Å². The molecule has 0 fully saturated rings. The molecule has 2 aromatic rings. The van der Waals surface area contributed by atoms with E-state index in [2.05, 4.69) is 0 Å². The summed E-state index contributed by atoms with van der Waals surface area (Å²) >= 11 is 0. The normalized spacial score (nSPS) is 12.7. The van der Waals surface area contributed by atoms with Crippen molar-refractivity contribution in [2.75, 3.05) is 0 Å². The second kappa shape index (κ2) is 3.68. The second-order valence-electron chi connectivity index (χ2n) is 3.33. The van der Waals surface area contributed by atoms with E-state index in [0.29, 0.717) is 5.76 Å². The van der Waals surface area contributed by atoms with Gasteiger partial charge in [0.05, 0.1) is 6.26 Å². The van der Waals surface area contributed by atoms with Crippen LogP contribution in [-0.4, -0.2) is 5.11 Å². The van der Waals surface area contributed by atoms with Crippen LogP contribution in [0.25, 0.3) is 0 Å². The zero-order chi connectivity index (χ0) is 9.97. The molecule has 0 aliphatic heterocycles. The molecule has 72 valence electrons. The molecule has 0 bridgehead atoms. The van der Waals surface area contributed by atoms with Crippen LogP contribution in [-0.2, 0) is 0 Å². The zero-order valence-corrected chi connectivity index (χ0v) is 7.97. The number of aliphatic hydroxyl groups excluding tert-OH is 1. The van der Waals surface area contributed by atoms with E-state index in [1.54, 1.807) is 18.4 Å². The summed E-state index contributed by atoms with van der Waals surface area (Å²) < 4.78 is 5.14. The SMILES string of the molecule is Cc1cccc(C(O)c2ccco2)c1.